The van der Waals surface area contributed by atoms with E-state index in [1.54, 1.807) is 70.2 Å². The highest BCUT2D eigenvalue weighted by molar-refractivity contribution is 6.30. The highest BCUT2D eigenvalue weighted by Gasteiger charge is 2.38. The molecule has 0 unspecified atom stereocenters. The SMILES string of the molecule is CC[C@H](C)[C@H](NC(=O)[C@H](CCC(=O)O)NC(=O)[C@H](CCCCN)NC(=O)CNC(=O)[C@H](CC(N)=O)NC(=O)[C@@H](NC(=O)[C@H](CCCN)NC(=O)[C@@H](NC(=O)[C@H](Cc1ccccc1)NC(=O)[C@H](CCCN=C(N)N)NC(C)=O)C(C)C)C(C)C)C(=O)N[C@@H](Cc1ccc(Cl)cc1)C(=O)N[C@@H](CCC(N)=O)C(N)=O. The number of carboxylic acids is 1. The number of unbranched alkanes of at least 4 members (excludes halogenated alkanes) is 1. The van der Waals surface area contributed by atoms with Crippen molar-refractivity contribution < 1.29 is 81.8 Å². The average Bonchev–Trinajstić information content (AvgIpc) is 0.852. The standard InChI is InChI=1S/C69H109ClN20O17/c1-8-38(6)57(68(107)86-48(33-41-21-23-42(70)24-22-41)64(103)82-43(58(75)97)25-27-51(73)92)90-63(102)47(26-28-54(95)96)83-61(100)45(18-12-13-29-71)81-53(94)35-79-59(98)50(34-52(74)93)87-67(106)56(37(4)5)88-62(101)46(19-14-30-72)84-66(105)55(36(2)3)89-65(104)49(32-40-16-10-9-11-17-40)85-60(99)44(80-39(7)91)20-15-31-78-69(76)77/h9-11,16-17,21-24,36-38,43-50,55-57H,8,12-15,18-20,25-35,71-72H2,1-7H3,(H2,73,92)(H2,74,93)(H2,75,97)(H,79,98)(H,80,91)(H,81,94)(H,82,103)(H,83,100)(H,84,105)(H,85,99)(H,86,107)(H,87,106)(H,88,101)(H,89,104)(H,90,102)(H,95,96)(H4,76,77,78)/t38-,43-,44-,45-,46-,47-,48-,49-,50-,55-,56-,57-/m0/s1. The highest BCUT2D eigenvalue weighted by Crippen LogP contribution is 2.17. The van der Waals surface area contributed by atoms with Crippen molar-refractivity contribution in [3.05, 3.63) is 70.7 Å². The maximum Gasteiger partial charge on any atom is 0.303 e. The molecule has 12 atom stereocenters. The van der Waals surface area contributed by atoms with Crippen LogP contribution >= 0.6 is 11.6 Å². The zero-order valence-corrected chi connectivity index (χ0v) is 62.3. The molecule has 0 radical (unpaired) electrons. The third-order valence-electron chi connectivity index (χ3n) is 16.8. The van der Waals surface area contributed by atoms with Crippen molar-refractivity contribution in [2.24, 2.45) is 62.9 Å². The third kappa shape index (κ3) is 35.9. The molecule has 0 spiro atoms. The second-order valence-corrected chi connectivity index (χ2v) is 26.9. The molecule has 2 rings (SSSR count). The lowest BCUT2D eigenvalue weighted by molar-refractivity contribution is -0.139. The maximum absolute atomic E-state index is 14.3. The van der Waals surface area contributed by atoms with Gasteiger partial charge < -0.3 is 109 Å². The van der Waals surface area contributed by atoms with Gasteiger partial charge >= 0.3 is 5.97 Å². The van der Waals surface area contributed by atoms with Crippen LogP contribution in [-0.2, 0) is 89.6 Å². The number of carbonyl (C=O) groups excluding carboxylic acids is 15. The number of nitrogens with two attached hydrogens (primary N) is 7. The van der Waals surface area contributed by atoms with Crippen LogP contribution in [-0.4, -0.2) is 198 Å². The lowest BCUT2D eigenvalue weighted by Gasteiger charge is -2.29. The number of amides is 15. The molecular formula is C69H109ClN20O17. The quantitative estimate of drug-likeness (QED) is 0.0168. The largest absolute Gasteiger partial charge is 0.481 e. The van der Waals surface area contributed by atoms with Gasteiger partial charge in [0.05, 0.1) is 13.0 Å². The first kappa shape index (κ1) is 92.5. The van der Waals surface area contributed by atoms with E-state index in [0.29, 0.717) is 22.6 Å². The molecule has 0 bridgehead atoms. The summed E-state index contributed by atoms with van der Waals surface area (Å²) in [5.41, 5.74) is 39.9. The Morgan fingerprint density at radius 2 is 0.860 bits per heavy atom. The van der Waals surface area contributed by atoms with E-state index in [1.165, 1.54) is 32.9 Å². The number of rotatable bonds is 51. The molecule has 27 N–H and O–H groups in total. The van der Waals surface area contributed by atoms with Crippen LogP contribution in [0.2, 0.25) is 5.02 Å². The second-order valence-electron chi connectivity index (χ2n) is 26.5. The summed E-state index contributed by atoms with van der Waals surface area (Å²) in [5, 5.41) is 40.4. The number of aliphatic imine (C=N–C) groups is 1. The summed E-state index contributed by atoms with van der Waals surface area (Å²) < 4.78 is 0. The third-order valence-corrected chi connectivity index (χ3v) is 17.1. The summed E-state index contributed by atoms with van der Waals surface area (Å²) in [4.78, 5) is 220. The van der Waals surface area contributed by atoms with E-state index in [2.05, 4.69) is 68.8 Å². The normalized spacial score (nSPS) is 14.4. The van der Waals surface area contributed by atoms with Crippen molar-refractivity contribution in [1.29, 1.82) is 0 Å². The molecule has 0 aliphatic rings. The molecule has 0 saturated carbocycles. The molecule has 2 aromatic carbocycles. The van der Waals surface area contributed by atoms with Crippen LogP contribution in [0.4, 0.5) is 0 Å². The van der Waals surface area contributed by atoms with Crippen LogP contribution in [0, 0.1) is 17.8 Å². The summed E-state index contributed by atoms with van der Waals surface area (Å²) in [6, 6.07) is -1.16. The van der Waals surface area contributed by atoms with Gasteiger partial charge in [-0.3, -0.25) is 81.7 Å². The Labute approximate surface area is 626 Å². The Hall–Kier alpha value is -10.6. The van der Waals surface area contributed by atoms with Crippen molar-refractivity contribution >= 4 is 112 Å². The fourth-order valence-corrected chi connectivity index (χ4v) is 10.8. The molecule has 15 amide bonds. The van der Waals surface area contributed by atoms with Gasteiger partial charge in [0.2, 0.25) is 88.6 Å². The smallest absolute Gasteiger partial charge is 0.303 e. The Bertz CT molecular complexity index is 3380. The van der Waals surface area contributed by atoms with Gasteiger partial charge in [-0.2, -0.15) is 0 Å². The predicted molar refractivity (Wildman–Crippen MR) is 394 cm³/mol. The van der Waals surface area contributed by atoms with E-state index < -0.39 is 205 Å². The first-order valence-electron chi connectivity index (χ1n) is 35.3. The number of halogens is 1. The van der Waals surface area contributed by atoms with Gasteiger partial charge in [-0.05, 0) is 112 Å². The van der Waals surface area contributed by atoms with Crippen molar-refractivity contribution in [2.75, 3.05) is 26.2 Å². The lowest BCUT2D eigenvalue weighted by atomic mass is 9.96. The Kier molecular flexibility index (Phi) is 42.0. The van der Waals surface area contributed by atoms with Crippen LogP contribution in [0.5, 0.6) is 0 Å². The monoisotopic (exact) mass is 1520 g/mol. The maximum atomic E-state index is 14.3. The van der Waals surface area contributed by atoms with Crippen LogP contribution in [0.25, 0.3) is 0 Å². The molecule has 38 heteroatoms. The first-order chi connectivity index (χ1) is 50.4. The number of carboxylic acid groups (broad SMARTS) is 1. The molecule has 0 aliphatic heterocycles. The lowest BCUT2D eigenvalue weighted by Crippen LogP contribution is -2.61. The number of nitrogens with one attached hydrogen (secondary N) is 12. The minimum absolute atomic E-state index is 0.0439. The zero-order valence-electron chi connectivity index (χ0n) is 61.6. The molecule has 0 saturated heterocycles. The summed E-state index contributed by atoms with van der Waals surface area (Å²) in [6.45, 7) is 10.2. The van der Waals surface area contributed by atoms with Crippen LogP contribution in [0.15, 0.2) is 59.6 Å². The van der Waals surface area contributed by atoms with Crippen molar-refractivity contribution in [3.63, 3.8) is 0 Å². The van der Waals surface area contributed by atoms with Crippen LogP contribution < -0.4 is 104 Å². The van der Waals surface area contributed by atoms with E-state index in [4.69, 9.17) is 51.7 Å². The first-order valence-corrected chi connectivity index (χ1v) is 35.7. The van der Waals surface area contributed by atoms with Gasteiger partial charge in [-0.1, -0.05) is 102 Å². The molecule has 0 heterocycles. The van der Waals surface area contributed by atoms with Gasteiger partial charge in [-0.25, -0.2) is 0 Å². The van der Waals surface area contributed by atoms with Crippen molar-refractivity contribution in [2.45, 2.75) is 211 Å². The molecule has 594 valence electrons. The molecule has 0 aromatic heterocycles. The summed E-state index contributed by atoms with van der Waals surface area (Å²) in [5.74, 6) is -17.5. The summed E-state index contributed by atoms with van der Waals surface area (Å²) in [6.07, 6.45) is -1.89. The summed E-state index contributed by atoms with van der Waals surface area (Å²) >= 11 is 6.09. The number of aliphatic carboxylic acids is 1. The van der Waals surface area contributed by atoms with E-state index in [9.17, 15) is 81.8 Å². The number of carbonyl (C=O) groups is 16. The van der Waals surface area contributed by atoms with E-state index in [-0.39, 0.29) is 96.2 Å². The number of hydrogen-bond donors (Lipinski definition) is 20. The van der Waals surface area contributed by atoms with Crippen LogP contribution in [0.1, 0.15) is 143 Å². The van der Waals surface area contributed by atoms with Gasteiger partial charge in [0.1, 0.15) is 66.5 Å². The van der Waals surface area contributed by atoms with E-state index >= 15 is 0 Å². The van der Waals surface area contributed by atoms with Gasteiger partial charge in [0, 0.05) is 44.2 Å². The Morgan fingerprint density at radius 1 is 0.439 bits per heavy atom. The zero-order chi connectivity index (χ0) is 80.6. The minimum atomic E-state index is -1.80. The molecule has 0 fully saturated rings. The fraction of sp³-hybridized carbons (Fsp3) is 0.580. The van der Waals surface area contributed by atoms with Gasteiger partial charge in [0.25, 0.3) is 0 Å². The van der Waals surface area contributed by atoms with Crippen molar-refractivity contribution in [3.8, 4) is 0 Å². The molecule has 2 aromatic rings. The van der Waals surface area contributed by atoms with Crippen LogP contribution in [0.3, 0.4) is 0 Å². The molecule has 37 nitrogen and oxygen atoms in total. The number of benzene rings is 2. The van der Waals surface area contributed by atoms with Gasteiger partial charge in [0.15, 0.2) is 5.96 Å². The minimum Gasteiger partial charge on any atom is -0.481 e. The van der Waals surface area contributed by atoms with E-state index in [1.807, 2.05) is 0 Å². The molecular weight excluding hydrogens is 1420 g/mol. The average molecular weight is 1530 g/mol. The Morgan fingerprint density at radius 3 is 1.36 bits per heavy atom. The van der Waals surface area contributed by atoms with Gasteiger partial charge in [-0.15, -0.1) is 0 Å². The number of primary amides is 3. The number of guanidine groups is 1. The Balaban J connectivity index is 2.39. The summed E-state index contributed by atoms with van der Waals surface area (Å²) in [7, 11) is 0. The number of hydrogen-bond acceptors (Lipinski definition) is 19. The van der Waals surface area contributed by atoms with Crippen molar-refractivity contribution in [1.82, 2.24) is 63.8 Å². The predicted octanol–water partition coefficient (Wildman–Crippen LogP) is -4.64. The van der Waals surface area contributed by atoms with E-state index in [0.717, 1.165) is 0 Å². The molecule has 0 aliphatic carbocycles. The molecule has 107 heavy (non-hydrogen) atoms. The fourth-order valence-electron chi connectivity index (χ4n) is 10.7. The second kappa shape index (κ2) is 48.5. The highest BCUT2D eigenvalue weighted by atomic mass is 35.5. The topological polar surface area (TPSA) is 632 Å². The number of nitrogens with zero attached hydrogens (tertiary/aromatic N) is 1.